The van der Waals surface area contributed by atoms with E-state index in [2.05, 4.69) is 5.10 Å². The van der Waals surface area contributed by atoms with Crippen LogP contribution in [0.25, 0.3) is 28.3 Å². The van der Waals surface area contributed by atoms with Crippen LogP contribution in [0.1, 0.15) is 5.56 Å². The molecular formula is C23H18N4O3. The summed E-state index contributed by atoms with van der Waals surface area (Å²) in [5.41, 5.74) is 2.09. The average Bonchev–Trinajstić information content (AvgIpc) is 3.47. The van der Waals surface area contributed by atoms with E-state index in [9.17, 15) is 4.79 Å². The minimum atomic E-state index is -0.176. The van der Waals surface area contributed by atoms with Crippen LogP contribution in [0, 0.1) is 0 Å². The number of nitrogens with zero attached hydrogens (tertiary/aromatic N) is 4. The van der Waals surface area contributed by atoms with E-state index in [-0.39, 0.29) is 5.56 Å². The second kappa shape index (κ2) is 7.36. The molecule has 0 amide bonds. The number of furan rings is 1. The Balaban J connectivity index is 1.70. The Morgan fingerprint density at radius 3 is 2.50 bits per heavy atom. The Morgan fingerprint density at radius 2 is 1.80 bits per heavy atom. The summed E-state index contributed by atoms with van der Waals surface area (Å²) in [7, 11) is 1.62. The number of ether oxygens (including phenoxy) is 1. The lowest BCUT2D eigenvalue weighted by molar-refractivity contribution is 0.414. The molecule has 7 nitrogen and oxygen atoms in total. The fourth-order valence-corrected chi connectivity index (χ4v) is 3.41. The minimum absolute atomic E-state index is 0.176. The predicted octanol–water partition coefficient (Wildman–Crippen LogP) is 3.90. The lowest BCUT2D eigenvalue weighted by Gasteiger charge is -2.12. The van der Waals surface area contributed by atoms with E-state index >= 15 is 0 Å². The van der Waals surface area contributed by atoms with Crippen molar-refractivity contribution in [3.8, 4) is 23.0 Å². The summed E-state index contributed by atoms with van der Waals surface area (Å²) in [4.78, 5) is 18.2. The Kier molecular flexibility index (Phi) is 4.40. The second-order valence-corrected chi connectivity index (χ2v) is 6.78. The van der Waals surface area contributed by atoms with Crippen molar-refractivity contribution in [3.63, 3.8) is 0 Å². The molecule has 0 atom stereocenters. The molecule has 30 heavy (non-hydrogen) atoms. The Morgan fingerprint density at radius 1 is 1.00 bits per heavy atom. The highest BCUT2D eigenvalue weighted by Crippen LogP contribution is 2.22. The maximum atomic E-state index is 13.4. The SMILES string of the molecule is COc1ccc(Cn2c(-c3ccco3)nc3c(cnn3-c3ccccc3)c2=O)cc1. The van der Waals surface area contributed by atoms with Gasteiger partial charge in [-0.05, 0) is 42.0 Å². The third-order valence-corrected chi connectivity index (χ3v) is 4.93. The van der Waals surface area contributed by atoms with Crippen molar-refractivity contribution >= 4 is 11.0 Å². The van der Waals surface area contributed by atoms with Crippen LogP contribution >= 0.6 is 0 Å². The summed E-state index contributed by atoms with van der Waals surface area (Å²) >= 11 is 0. The van der Waals surface area contributed by atoms with E-state index in [0.29, 0.717) is 29.2 Å². The smallest absolute Gasteiger partial charge is 0.265 e. The van der Waals surface area contributed by atoms with Crippen LogP contribution in [0.3, 0.4) is 0 Å². The number of para-hydroxylation sites is 1. The van der Waals surface area contributed by atoms with Gasteiger partial charge in [-0.25, -0.2) is 9.67 Å². The first-order valence-corrected chi connectivity index (χ1v) is 9.45. The molecule has 0 saturated heterocycles. The normalized spacial score (nSPS) is 11.1. The Hall–Kier alpha value is -4.13. The molecule has 3 heterocycles. The first-order chi connectivity index (χ1) is 14.7. The first kappa shape index (κ1) is 17.9. The van der Waals surface area contributed by atoms with Crippen molar-refractivity contribution in [1.29, 1.82) is 0 Å². The van der Waals surface area contributed by atoms with Crippen molar-refractivity contribution in [2.75, 3.05) is 7.11 Å². The maximum Gasteiger partial charge on any atom is 0.265 e. The lowest BCUT2D eigenvalue weighted by Crippen LogP contribution is -2.24. The highest BCUT2D eigenvalue weighted by atomic mass is 16.5. The topological polar surface area (TPSA) is 75.1 Å². The zero-order valence-electron chi connectivity index (χ0n) is 16.2. The zero-order valence-corrected chi connectivity index (χ0v) is 16.2. The third-order valence-electron chi connectivity index (χ3n) is 4.93. The summed E-state index contributed by atoms with van der Waals surface area (Å²) in [5, 5.41) is 4.86. The van der Waals surface area contributed by atoms with Crippen molar-refractivity contribution < 1.29 is 9.15 Å². The van der Waals surface area contributed by atoms with Crippen LogP contribution in [0.5, 0.6) is 5.75 Å². The maximum absolute atomic E-state index is 13.4. The number of fused-ring (bicyclic) bond motifs is 1. The van der Waals surface area contributed by atoms with Gasteiger partial charge < -0.3 is 9.15 Å². The highest BCUT2D eigenvalue weighted by Gasteiger charge is 2.19. The molecule has 0 aliphatic heterocycles. The largest absolute Gasteiger partial charge is 0.497 e. The van der Waals surface area contributed by atoms with E-state index < -0.39 is 0 Å². The molecule has 2 aromatic carbocycles. The monoisotopic (exact) mass is 398 g/mol. The first-order valence-electron chi connectivity index (χ1n) is 9.45. The van der Waals surface area contributed by atoms with Gasteiger partial charge in [-0.3, -0.25) is 9.36 Å². The Bertz CT molecular complexity index is 1350. The summed E-state index contributed by atoms with van der Waals surface area (Å²) in [5.74, 6) is 1.73. The van der Waals surface area contributed by atoms with Crippen molar-refractivity contribution in [1.82, 2.24) is 19.3 Å². The molecule has 0 spiro atoms. The summed E-state index contributed by atoms with van der Waals surface area (Å²) in [6.45, 7) is 0.346. The fourth-order valence-electron chi connectivity index (χ4n) is 3.41. The van der Waals surface area contributed by atoms with Gasteiger partial charge in [0.05, 0.1) is 31.8 Å². The van der Waals surface area contributed by atoms with E-state index in [1.54, 1.807) is 41.0 Å². The standard InChI is InChI=1S/C23H18N4O3/c1-29-18-11-9-16(10-12-18)15-26-22(20-8-5-13-30-20)25-21-19(23(26)28)14-24-27(21)17-6-3-2-4-7-17/h2-14H,15H2,1H3. The molecule has 0 bridgehead atoms. The summed E-state index contributed by atoms with van der Waals surface area (Å²) in [6, 6.07) is 20.8. The van der Waals surface area contributed by atoms with Gasteiger partial charge in [0.1, 0.15) is 11.1 Å². The van der Waals surface area contributed by atoms with Crippen molar-refractivity contribution in [3.05, 3.63) is 95.1 Å². The number of rotatable bonds is 5. The van der Waals surface area contributed by atoms with Gasteiger partial charge in [-0.1, -0.05) is 30.3 Å². The van der Waals surface area contributed by atoms with Crippen LogP contribution < -0.4 is 10.3 Å². The van der Waals surface area contributed by atoms with Gasteiger partial charge in [0.15, 0.2) is 17.2 Å². The molecule has 0 unspecified atom stereocenters. The van der Waals surface area contributed by atoms with Gasteiger partial charge >= 0.3 is 0 Å². The number of benzene rings is 2. The molecule has 5 rings (SSSR count). The molecule has 0 aliphatic rings. The molecule has 3 aromatic heterocycles. The van der Waals surface area contributed by atoms with E-state index in [1.807, 2.05) is 54.6 Å². The van der Waals surface area contributed by atoms with Gasteiger partial charge in [0.2, 0.25) is 0 Å². The molecule has 0 aliphatic carbocycles. The second-order valence-electron chi connectivity index (χ2n) is 6.78. The molecule has 148 valence electrons. The number of methoxy groups -OCH3 is 1. The van der Waals surface area contributed by atoms with Gasteiger partial charge in [0.25, 0.3) is 5.56 Å². The number of hydrogen-bond donors (Lipinski definition) is 0. The van der Waals surface area contributed by atoms with Crippen molar-refractivity contribution in [2.24, 2.45) is 0 Å². The molecule has 7 heteroatoms. The van der Waals surface area contributed by atoms with Gasteiger partial charge in [-0.2, -0.15) is 5.10 Å². The van der Waals surface area contributed by atoms with E-state index in [1.165, 1.54) is 0 Å². The fraction of sp³-hybridized carbons (Fsp3) is 0.0870. The minimum Gasteiger partial charge on any atom is -0.497 e. The summed E-state index contributed by atoms with van der Waals surface area (Å²) in [6.07, 6.45) is 3.13. The average molecular weight is 398 g/mol. The van der Waals surface area contributed by atoms with Crippen LogP contribution in [0.4, 0.5) is 0 Å². The molecule has 0 N–H and O–H groups in total. The van der Waals surface area contributed by atoms with E-state index in [0.717, 1.165) is 17.0 Å². The van der Waals surface area contributed by atoms with Crippen LogP contribution in [0.2, 0.25) is 0 Å². The molecule has 0 fully saturated rings. The summed E-state index contributed by atoms with van der Waals surface area (Å²) < 4.78 is 14.1. The van der Waals surface area contributed by atoms with Gasteiger partial charge in [0, 0.05) is 0 Å². The van der Waals surface area contributed by atoms with Crippen LogP contribution in [-0.4, -0.2) is 26.4 Å². The highest BCUT2D eigenvalue weighted by molar-refractivity contribution is 5.77. The van der Waals surface area contributed by atoms with Crippen LogP contribution in [-0.2, 0) is 6.54 Å². The van der Waals surface area contributed by atoms with E-state index in [4.69, 9.17) is 14.1 Å². The molecule has 0 radical (unpaired) electrons. The number of aromatic nitrogens is 4. The lowest BCUT2D eigenvalue weighted by atomic mass is 10.2. The quantitative estimate of drug-likeness (QED) is 0.449. The zero-order chi connectivity index (χ0) is 20.5. The molecule has 0 saturated carbocycles. The molecular weight excluding hydrogens is 380 g/mol. The Labute approximate surface area is 171 Å². The molecule has 5 aromatic rings. The number of hydrogen-bond acceptors (Lipinski definition) is 5. The van der Waals surface area contributed by atoms with Gasteiger partial charge in [-0.15, -0.1) is 0 Å². The predicted molar refractivity (Wildman–Crippen MR) is 113 cm³/mol. The third kappa shape index (κ3) is 3.06. The van der Waals surface area contributed by atoms with Crippen molar-refractivity contribution in [2.45, 2.75) is 6.54 Å². The van der Waals surface area contributed by atoms with Crippen LogP contribution in [0.15, 0.2) is 88.4 Å².